The van der Waals surface area contributed by atoms with Crippen LogP contribution >= 0.6 is 22.7 Å². The number of sulfone groups is 1. The Morgan fingerprint density at radius 3 is 2.61 bits per heavy atom. The minimum absolute atomic E-state index is 0.132. The summed E-state index contributed by atoms with van der Waals surface area (Å²) in [6.45, 7) is -0.706. The van der Waals surface area contributed by atoms with Gasteiger partial charge in [0.25, 0.3) is 11.5 Å². The number of carbonyl (C=O) groups is 2. The average Bonchev–Trinajstić information content (AvgIpc) is 3.24. The highest BCUT2D eigenvalue weighted by molar-refractivity contribution is 7.91. The number of nitrogens with one attached hydrogen (secondary N) is 1. The molecule has 9 nitrogen and oxygen atoms in total. The molecule has 0 aromatic carbocycles. The number of pyridine rings is 1. The molecule has 0 spiro atoms. The normalized spacial score (nSPS) is 11.6. The van der Waals surface area contributed by atoms with Crippen molar-refractivity contribution in [2.24, 2.45) is 7.05 Å². The van der Waals surface area contributed by atoms with E-state index in [-0.39, 0.29) is 9.60 Å². The summed E-state index contributed by atoms with van der Waals surface area (Å²) in [5.41, 5.74) is -1.05. The number of aromatic hydroxyl groups is 1. The van der Waals surface area contributed by atoms with Crippen LogP contribution in [0.15, 0.2) is 27.2 Å². The van der Waals surface area contributed by atoms with Gasteiger partial charge in [-0.1, -0.05) is 0 Å². The number of aromatic nitrogens is 1. The molecule has 1 amide bonds. The number of aliphatic carboxylic acids is 1. The molecular weight excluding hydrogens is 428 g/mol. The molecule has 3 aromatic heterocycles. The first-order chi connectivity index (χ1) is 13.0. The van der Waals surface area contributed by atoms with Gasteiger partial charge in [-0.05, 0) is 17.5 Å². The van der Waals surface area contributed by atoms with Gasteiger partial charge in [0, 0.05) is 18.2 Å². The third kappa shape index (κ3) is 3.41. The number of hydrogen-bond acceptors (Lipinski definition) is 8. The lowest BCUT2D eigenvalue weighted by Crippen LogP contribution is -2.35. The molecule has 0 saturated heterocycles. The third-order valence-corrected chi connectivity index (χ3v) is 7.42. The van der Waals surface area contributed by atoms with Crippen molar-refractivity contribution in [2.45, 2.75) is 4.90 Å². The lowest BCUT2D eigenvalue weighted by molar-refractivity contribution is -0.135. The average molecular weight is 442 g/mol. The van der Waals surface area contributed by atoms with E-state index in [1.54, 1.807) is 11.4 Å². The first-order valence-corrected chi connectivity index (χ1v) is 11.2. The van der Waals surface area contributed by atoms with Crippen LogP contribution in [0.25, 0.3) is 20.0 Å². The van der Waals surface area contributed by atoms with Crippen LogP contribution in [0.3, 0.4) is 0 Å². The van der Waals surface area contributed by atoms with Crippen LogP contribution in [-0.4, -0.2) is 47.9 Å². The van der Waals surface area contributed by atoms with Crippen molar-refractivity contribution in [3.05, 3.63) is 33.4 Å². The second-order valence-corrected chi connectivity index (χ2v) is 9.83. The van der Waals surface area contributed by atoms with E-state index in [2.05, 4.69) is 5.32 Å². The third-order valence-electron chi connectivity index (χ3n) is 3.92. The van der Waals surface area contributed by atoms with Gasteiger partial charge in [-0.3, -0.25) is 14.4 Å². The van der Waals surface area contributed by atoms with Crippen molar-refractivity contribution in [3.8, 4) is 15.5 Å². The minimum atomic E-state index is -3.47. The van der Waals surface area contributed by atoms with Crippen LogP contribution in [-0.2, 0) is 21.7 Å². The Morgan fingerprint density at radius 2 is 2.00 bits per heavy atom. The van der Waals surface area contributed by atoms with Gasteiger partial charge in [0.05, 0.1) is 20.0 Å². The Hall–Kier alpha value is -2.70. The number of hydrogen-bond donors (Lipinski definition) is 3. The van der Waals surface area contributed by atoms with E-state index in [9.17, 15) is 27.9 Å². The molecule has 28 heavy (non-hydrogen) atoms. The number of thiophene rings is 2. The number of carbonyl (C=O) groups excluding carboxylic acids is 1. The monoisotopic (exact) mass is 442 g/mol. The molecule has 0 aliphatic rings. The molecular formula is C16H14N2O7S3. The Morgan fingerprint density at radius 1 is 1.32 bits per heavy atom. The highest BCUT2D eigenvalue weighted by Crippen LogP contribution is 2.42. The molecule has 3 heterocycles. The van der Waals surface area contributed by atoms with Crippen LogP contribution in [0.1, 0.15) is 10.4 Å². The fourth-order valence-corrected chi connectivity index (χ4v) is 6.19. The SMILES string of the molecule is Cn1c(=O)c(C(=O)NCC(=O)O)c(O)c2sc(-c3sccc3S(C)(=O)=O)cc21. The molecule has 0 radical (unpaired) electrons. The van der Waals surface area contributed by atoms with Crippen molar-refractivity contribution in [3.63, 3.8) is 0 Å². The predicted octanol–water partition coefficient (Wildman–Crippen LogP) is 1.25. The molecule has 3 rings (SSSR count). The summed E-state index contributed by atoms with van der Waals surface area (Å²) >= 11 is 2.23. The van der Waals surface area contributed by atoms with Gasteiger partial charge in [-0.15, -0.1) is 22.7 Å². The van der Waals surface area contributed by atoms with Crippen LogP contribution in [0.2, 0.25) is 0 Å². The second-order valence-electron chi connectivity index (χ2n) is 5.88. The summed E-state index contributed by atoms with van der Waals surface area (Å²) in [5.74, 6) is -2.88. The highest BCUT2D eigenvalue weighted by Gasteiger charge is 2.25. The van der Waals surface area contributed by atoms with E-state index in [1.165, 1.54) is 24.5 Å². The number of rotatable bonds is 5. The zero-order valence-corrected chi connectivity index (χ0v) is 17.0. The number of carboxylic acids is 1. The molecule has 0 atom stereocenters. The molecule has 12 heteroatoms. The molecule has 0 saturated carbocycles. The Balaban J connectivity index is 2.21. The van der Waals surface area contributed by atoms with Gasteiger partial charge in [0.15, 0.2) is 15.6 Å². The maximum Gasteiger partial charge on any atom is 0.322 e. The van der Waals surface area contributed by atoms with Crippen LogP contribution in [0.5, 0.6) is 5.75 Å². The summed E-state index contributed by atoms with van der Waals surface area (Å²) in [5, 5.41) is 22.8. The number of aryl methyl sites for hydroxylation is 1. The number of carboxylic acid groups (broad SMARTS) is 1. The van der Waals surface area contributed by atoms with Crippen molar-refractivity contribution >= 4 is 54.6 Å². The van der Waals surface area contributed by atoms with E-state index in [4.69, 9.17) is 5.11 Å². The smallest absolute Gasteiger partial charge is 0.322 e. The maximum absolute atomic E-state index is 12.5. The lowest BCUT2D eigenvalue weighted by Gasteiger charge is -2.08. The fourth-order valence-electron chi connectivity index (χ4n) is 2.62. The predicted molar refractivity (Wildman–Crippen MR) is 105 cm³/mol. The number of amides is 1. The van der Waals surface area contributed by atoms with Gasteiger partial charge in [0.1, 0.15) is 12.1 Å². The number of fused-ring (bicyclic) bond motifs is 1. The minimum Gasteiger partial charge on any atom is -0.505 e. The Bertz CT molecular complexity index is 1280. The van der Waals surface area contributed by atoms with Crippen LogP contribution in [0.4, 0.5) is 0 Å². The Kier molecular flexibility index (Phi) is 5.04. The molecule has 0 aliphatic heterocycles. The van der Waals surface area contributed by atoms with Crippen LogP contribution in [0, 0.1) is 0 Å². The summed E-state index contributed by atoms with van der Waals surface area (Å²) in [7, 11) is -2.07. The van der Waals surface area contributed by atoms with E-state index < -0.39 is 45.1 Å². The topological polar surface area (TPSA) is 143 Å². The van der Waals surface area contributed by atoms with Gasteiger partial charge in [-0.25, -0.2) is 8.42 Å². The molecule has 0 aliphatic carbocycles. The van der Waals surface area contributed by atoms with Gasteiger partial charge in [-0.2, -0.15) is 0 Å². The molecule has 0 fully saturated rings. The Labute approximate surface area is 166 Å². The molecule has 0 bridgehead atoms. The first kappa shape index (κ1) is 20.0. The maximum atomic E-state index is 12.5. The zero-order chi connectivity index (χ0) is 20.8. The fraction of sp³-hybridized carbons (Fsp3) is 0.188. The summed E-state index contributed by atoms with van der Waals surface area (Å²) in [6.07, 6.45) is 1.09. The standard InChI is InChI=1S/C16H14N2O7S3/c1-18-7-5-8(14-9(3-4-26-14)28(2,24)25)27-13(7)12(21)11(16(18)23)15(22)17-6-10(19)20/h3-5,21H,6H2,1-2H3,(H,17,22)(H,19,20). The van der Waals surface area contributed by atoms with Crippen molar-refractivity contribution < 1.29 is 28.2 Å². The quantitative estimate of drug-likeness (QED) is 0.540. The van der Waals surface area contributed by atoms with Gasteiger partial charge < -0.3 is 20.1 Å². The second kappa shape index (κ2) is 7.04. The van der Waals surface area contributed by atoms with Crippen molar-refractivity contribution in [1.82, 2.24) is 9.88 Å². The van der Waals surface area contributed by atoms with E-state index in [0.717, 1.165) is 22.2 Å². The van der Waals surface area contributed by atoms with Crippen molar-refractivity contribution in [1.29, 1.82) is 0 Å². The van der Waals surface area contributed by atoms with Gasteiger partial charge in [0.2, 0.25) is 0 Å². The number of nitrogens with zero attached hydrogens (tertiary/aromatic N) is 1. The van der Waals surface area contributed by atoms with E-state index in [1.807, 2.05) is 0 Å². The largest absolute Gasteiger partial charge is 0.505 e. The van der Waals surface area contributed by atoms with Crippen molar-refractivity contribution in [2.75, 3.05) is 12.8 Å². The highest BCUT2D eigenvalue weighted by atomic mass is 32.2. The molecule has 3 N–H and O–H groups in total. The molecule has 0 unspecified atom stereocenters. The summed E-state index contributed by atoms with van der Waals surface area (Å²) in [6, 6.07) is 3.05. The molecule has 148 valence electrons. The van der Waals surface area contributed by atoms with E-state index in [0.29, 0.717) is 15.3 Å². The summed E-state index contributed by atoms with van der Waals surface area (Å²) < 4.78 is 25.3. The lowest BCUT2D eigenvalue weighted by atomic mass is 10.2. The van der Waals surface area contributed by atoms with Gasteiger partial charge >= 0.3 is 5.97 Å². The first-order valence-electron chi connectivity index (χ1n) is 7.65. The zero-order valence-electron chi connectivity index (χ0n) is 14.5. The van der Waals surface area contributed by atoms with E-state index >= 15 is 0 Å². The molecule has 3 aromatic rings. The summed E-state index contributed by atoms with van der Waals surface area (Å²) in [4.78, 5) is 36.4. The van der Waals surface area contributed by atoms with Crippen LogP contribution < -0.4 is 10.9 Å².